The van der Waals surface area contributed by atoms with Crippen LogP contribution in [0.15, 0.2) is 41.8 Å². The molecule has 6 nitrogen and oxygen atoms in total. The van der Waals surface area contributed by atoms with Crippen molar-refractivity contribution in [3.05, 3.63) is 52.2 Å². The minimum atomic E-state index is -0.442. The molecule has 3 rings (SSSR count). The van der Waals surface area contributed by atoms with E-state index in [2.05, 4.69) is 10.1 Å². The molecule has 0 bridgehead atoms. The summed E-state index contributed by atoms with van der Waals surface area (Å²) in [6, 6.07) is 11.4. The van der Waals surface area contributed by atoms with Gasteiger partial charge in [0.25, 0.3) is 0 Å². The van der Waals surface area contributed by atoms with Gasteiger partial charge < -0.3 is 15.0 Å². The molecule has 1 N–H and O–H groups in total. The maximum absolute atomic E-state index is 12.9. The molecule has 1 fully saturated rings. The molecule has 2 unspecified atom stereocenters. The number of carbonyl (C=O) groups excluding carboxylic acids is 3. The Labute approximate surface area is 174 Å². The third-order valence-corrected chi connectivity index (χ3v) is 6.08. The number of hydrogen-bond donors (Lipinski definition) is 1. The van der Waals surface area contributed by atoms with Gasteiger partial charge in [-0.05, 0) is 43.3 Å². The highest BCUT2D eigenvalue weighted by Crippen LogP contribution is 2.43. The lowest BCUT2D eigenvalue weighted by Gasteiger charge is -2.27. The molecule has 0 aliphatic carbocycles. The van der Waals surface area contributed by atoms with Crippen LogP contribution in [-0.4, -0.2) is 31.4 Å². The number of aryl methyl sites for hydroxylation is 1. The molecule has 0 saturated carbocycles. The molecule has 154 valence electrons. The van der Waals surface area contributed by atoms with Crippen LogP contribution in [0, 0.1) is 12.8 Å². The summed E-state index contributed by atoms with van der Waals surface area (Å²) < 4.78 is 4.62. The first-order valence-corrected chi connectivity index (χ1v) is 10.7. The van der Waals surface area contributed by atoms with Crippen molar-refractivity contribution in [1.29, 1.82) is 0 Å². The van der Waals surface area contributed by atoms with E-state index in [-0.39, 0.29) is 30.2 Å². The lowest BCUT2D eigenvalue weighted by atomic mass is 9.97. The lowest BCUT2D eigenvalue weighted by molar-refractivity contribution is -0.140. The zero-order chi connectivity index (χ0) is 20.8. The average Bonchev–Trinajstić information content (AvgIpc) is 3.35. The van der Waals surface area contributed by atoms with E-state index in [0.29, 0.717) is 25.8 Å². The lowest BCUT2D eigenvalue weighted by Crippen LogP contribution is -2.35. The van der Waals surface area contributed by atoms with Crippen molar-refractivity contribution >= 4 is 34.8 Å². The Morgan fingerprint density at radius 1 is 1.21 bits per heavy atom. The second kappa shape index (κ2) is 9.69. The largest absolute Gasteiger partial charge is 0.469 e. The first-order valence-electron chi connectivity index (χ1n) is 9.78. The van der Waals surface area contributed by atoms with Gasteiger partial charge in [-0.25, -0.2) is 0 Å². The molecule has 2 heterocycles. The Balaban J connectivity index is 1.70. The summed E-state index contributed by atoms with van der Waals surface area (Å²) in [7, 11) is 1.37. The smallest absolute Gasteiger partial charge is 0.305 e. The van der Waals surface area contributed by atoms with E-state index in [4.69, 9.17) is 0 Å². The van der Waals surface area contributed by atoms with E-state index in [1.807, 2.05) is 48.7 Å². The average molecular weight is 415 g/mol. The standard InChI is InChI=1S/C22H26N2O4S/c1-15-8-10-16(11-9-15)24-19(25)14-17(21(24)18-6-5-13-29-18)22(27)23-12-4-3-7-20(26)28-2/h5-6,8-11,13,17,21H,3-4,7,12,14H2,1-2H3,(H,23,27). The number of methoxy groups -OCH3 is 1. The van der Waals surface area contributed by atoms with Crippen LogP contribution in [0.4, 0.5) is 5.69 Å². The molecule has 1 aliphatic rings. The van der Waals surface area contributed by atoms with Gasteiger partial charge in [0.2, 0.25) is 11.8 Å². The van der Waals surface area contributed by atoms with Crippen LogP contribution in [0.3, 0.4) is 0 Å². The minimum Gasteiger partial charge on any atom is -0.469 e. The minimum absolute atomic E-state index is 0.0434. The summed E-state index contributed by atoms with van der Waals surface area (Å²) in [5, 5.41) is 4.91. The molecule has 1 aromatic carbocycles. The molecule has 2 atom stereocenters. The highest BCUT2D eigenvalue weighted by molar-refractivity contribution is 7.10. The van der Waals surface area contributed by atoms with Crippen LogP contribution in [0.1, 0.15) is 42.2 Å². The maximum atomic E-state index is 12.9. The molecule has 1 saturated heterocycles. The maximum Gasteiger partial charge on any atom is 0.305 e. The first kappa shape index (κ1) is 21.0. The van der Waals surface area contributed by atoms with Crippen LogP contribution in [0.2, 0.25) is 0 Å². The summed E-state index contributed by atoms with van der Waals surface area (Å²) >= 11 is 1.56. The Kier molecular flexibility index (Phi) is 7.04. The molecule has 2 amide bonds. The Morgan fingerprint density at radius 3 is 2.62 bits per heavy atom. The van der Waals surface area contributed by atoms with Crippen molar-refractivity contribution in [3.63, 3.8) is 0 Å². The van der Waals surface area contributed by atoms with Crippen molar-refractivity contribution in [2.75, 3.05) is 18.6 Å². The number of amides is 2. The molecular weight excluding hydrogens is 388 g/mol. The molecule has 0 spiro atoms. The highest BCUT2D eigenvalue weighted by Gasteiger charge is 2.45. The molecule has 2 aromatic rings. The van der Waals surface area contributed by atoms with Crippen LogP contribution in [0.5, 0.6) is 0 Å². The zero-order valence-electron chi connectivity index (χ0n) is 16.7. The van der Waals surface area contributed by atoms with Crippen LogP contribution in [-0.2, 0) is 19.1 Å². The van der Waals surface area contributed by atoms with E-state index in [1.165, 1.54) is 7.11 Å². The Hall–Kier alpha value is -2.67. The number of thiophene rings is 1. The Morgan fingerprint density at radius 2 is 1.97 bits per heavy atom. The number of nitrogens with zero attached hydrogens (tertiary/aromatic N) is 1. The van der Waals surface area contributed by atoms with E-state index < -0.39 is 5.92 Å². The number of carbonyl (C=O) groups is 3. The van der Waals surface area contributed by atoms with Crippen LogP contribution < -0.4 is 10.2 Å². The van der Waals surface area contributed by atoms with Gasteiger partial charge in [0.1, 0.15) is 0 Å². The van der Waals surface area contributed by atoms with Crippen molar-refractivity contribution in [1.82, 2.24) is 5.32 Å². The third-order valence-electron chi connectivity index (χ3n) is 5.14. The topological polar surface area (TPSA) is 75.7 Å². The molecule has 29 heavy (non-hydrogen) atoms. The van der Waals surface area contributed by atoms with E-state index in [9.17, 15) is 14.4 Å². The highest BCUT2D eigenvalue weighted by atomic mass is 32.1. The molecule has 1 aliphatic heterocycles. The number of ether oxygens (including phenoxy) is 1. The predicted molar refractivity (Wildman–Crippen MR) is 113 cm³/mol. The number of unbranched alkanes of at least 4 members (excludes halogenated alkanes) is 1. The van der Waals surface area contributed by atoms with Gasteiger partial charge in [-0.2, -0.15) is 0 Å². The first-order chi connectivity index (χ1) is 14.0. The number of nitrogens with one attached hydrogen (secondary N) is 1. The van der Waals surface area contributed by atoms with Gasteiger partial charge in [-0.1, -0.05) is 23.8 Å². The number of hydrogen-bond acceptors (Lipinski definition) is 5. The monoisotopic (exact) mass is 414 g/mol. The SMILES string of the molecule is COC(=O)CCCCNC(=O)C1CC(=O)N(c2ccc(C)cc2)C1c1cccs1. The summed E-state index contributed by atoms with van der Waals surface area (Å²) in [4.78, 5) is 39.7. The zero-order valence-corrected chi connectivity index (χ0v) is 17.5. The Bertz CT molecular complexity index is 848. The second-order valence-corrected chi connectivity index (χ2v) is 8.17. The quantitative estimate of drug-likeness (QED) is 0.529. The van der Waals surface area contributed by atoms with Crippen molar-refractivity contribution in [3.8, 4) is 0 Å². The fourth-order valence-corrected chi connectivity index (χ4v) is 4.48. The van der Waals surface area contributed by atoms with Gasteiger partial charge in [-0.15, -0.1) is 11.3 Å². The predicted octanol–water partition coefficient (Wildman–Crippen LogP) is 3.61. The molecular formula is C22H26N2O4S. The normalized spacial score (nSPS) is 18.7. The van der Waals surface area contributed by atoms with Crippen LogP contribution in [0.25, 0.3) is 0 Å². The fourth-order valence-electron chi connectivity index (χ4n) is 3.60. The molecule has 0 radical (unpaired) electrons. The van der Waals surface area contributed by atoms with Gasteiger partial charge in [-0.3, -0.25) is 14.4 Å². The third kappa shape index (κ3) is 5.03. The van der Waals surface area contributed by atoms with Gasteiger partial charge in [0.15, 0.2) is 0 Å². The summed E-state index contributed by atoms with van der Waals surface area (Å²) in [6.45, 7) is 2.48. The number of benzene rings is 1. The molecule has 1 aromatic heterocycles. The molecule has 7 heteroatoms. The number of rotatable bonds is 8. The second-order valence-electron chi connectivity index (χ2n) is 7.19. The van der Waals surface area contributed by atoms with Gasteiger partial charge in [0.05, 0.1) is 19.1 Å². The summed E-state index contributed by atoms with van der Waals surface area (Å²) in [5.41, 5.74) is 1.93. The van der Waals surface area contributed by atoms with E-state index >= 15 is 0 Å². The van der Waals surface area contributed by atoms with Gasteiger partial charge >= 0.3 is 5.97 Å². The van der Waals surface area contributed by atoms with Crippen molar-refractivity contribution in [2.45, 2.75) is 38.6 Å². The summed E-state index contributed by atoms with van der Waals surface area (Å²) in [5.74, 6) is -0.852. The van der Waals surface area contributed by atoms with Crippen molar-refractivity contribution in [2.24, 2.45) is 5.92 Å². The van der Waals surface area contributed by atoms with E-state index in [1.54, 1.807) is 16.2 Å². The van der Waals surface area contributed by atoms with Gasteiger partial charge in [0, 0.05) is 30.0 Å². The van der Waals surface area contributed by atoms with Crippen molar-refractivity contribution < 1.29 is 19.1 Å². The number of anilines is 1. The van der Waals surface area contributed by atoms with Crippen LogP contribution >= 0.6 is 11.3 Å². The fraction of sp³-hybridized carbons (Fsp3) is 0.409. The summed E-state index contributed by atoms with van der Waals surface area (Å²) in [6.07, 6.45) is 1.87. The van der Waals surface area contributed by atoms with E-state index in [0.717, 1.165) is 16.1 Å². The number of esters is 1.